The summed E-state index contributed by atoms with van der Waals surface area (Å²) in [5.41, 5.74) is 25.2. The Morgan fingerprint density at radius 1 is 0.294 bits per heavy atom. The second-order valence-electron chi connectivity index (χ2n) is 34.0. The van der Waals surface area contributed by atoms with E-state index < -0.39 is 10.8 Å². The summed E-state index contributed by atoms with van der Waals surface area (Å²) in [6.07, 6.45) is 2.04. The van der Waals surface area contributed by atoms with Crippen molar-refractivity contribution < 1.29 is 13.7 Å². The molecule has 0 bridgehead atoms. The monoisotopic (exact) mass is 1670 g/mol. The van der Waals surface area contributed by atoms with Crippen LogP contribution in [0.4, 0.5) is 0 Å². The van der Waals surface area contributed by atoms with Gasteiger partial charge in [0, 0.05) is 57.4 Å². The number of para-hydroxylation sites is 1. The van der Waals surface area contributed by atoms with Crippen molar-refractivity contribution in [3.63, 3.8) is 0 Å². The number of fused-ring (bicyclic) bond motifs is 16. The molecule has 25 rings (SSSR count). The molecular weight excluding hydrogens is 1590 g/mol. The van der Waals surface area contributed by atoms with E-state index in [1.54, 1.807) is 0 Å². The number of pyridine rings is 1. The maximum Gasteiger partial charge on any atom is 0.494 e. The van der Waals surface area contributed by atoms with Gasteiger partial charge in [-0.15, -0.1) is 22.7 Å². The first kappa shape index (κ1) is 76.7. The lowest BCUT2D eigenvalue weighted by atomic mass is 9.66. The molecule has 0 saturated carbocycles. The number of aromatic nitrogens is 5. The average Bonchev–Trinajstić information content (AvgIpc) is 1.52. The molecule has 0 unspecified atom stereocenters. The van der Waals surface area contributed by atoms with Crippen LogP contribution in [-0.4, -0.2) is 38.3 Å². The van der Waals surface area contributed by atoms with E-state index in [4.69, 9.17) is 30.9 Å². The van der Waals surface area contributed by atoms with E-state index in [0.29, 0.717) is 5.82 Å². The Morgan fingerprint density at radius 2 is 0.675 bits per heavy atom. The Kier molecular flexibility index (Phi) is 18.6. The zero-order chi connectivity index (χ0) is 84.4. The zero-order valence-electron chi connectivity index (χ0n) is 69.6. The Bertz CT molecular complexity index is 7970. The molecule has 17 aromatic carbocycles. The van der Waals surface area contributed by atoms with Crippen molar-refractivity contribution in [2.45, 2.75) is 49.7 Å². The molecule has 1 fully saturated rings. The maximum atomic E-state index is 6.39. The van der Waals surface area contributed by atoms with Crippen LogP contribution in [0.3, 0.4) is 0 Å². The van der Waals surface area contributed by atoms with Gasteiger partial charge >= 0.3 is 12.9 Å². The highest BCUT2D eigenvalue weighted by molar-refractivity contribution is 7.26. The molecule has 1 aliphatic heterocycles. The smallest absolute Gasteiger partial charge is 0.399 e. The first-order valence-electron chi connectivity index (χ1n) is 42.9. The van der Waals surface area contributed by atoms with E-state index >= 15 is 0 Å². The summed E-state index contributed by atoms with van der Waals surface area (Å²) in [4.78, 5) is 19.2. The number of benzene rings is 17. The molecule has 7 nitrogen and oxygen atoms in total. The fourth-order valence-electron chi connectivity index (χ4n) is 19.9. The van der Waals surface area contributed by atoms with Gasteiger partial charge in [-0.25, -0.2) is 9.97 Å². The van der Waals surface area contributed by atoms with Crippen molar-refractivity contribution in [1.29, 1.82) is 0 Å². The summed E-state index contributed by atoms with van der Waals surface area (Å²) >= 11 is 9.89. The standard InChI is InChI=1S/C54H34N3S.C37H31BO2S.C24H15ClN2/c1-2-14-41-35(12-1)13-11-18-42(41)36-23-25-38(26-24-36)53-56-52(55-51-22-9-10-33-57(51)53)37-27-29-39(30-28-37)54(47-19-6-3-15-43(47)44-16-4-7-20-48(44)54)40-31-32-46-45-17-5-8-21-49(45)58-50(46)34-40;1-35(2)36(3,4)40-38(39-35)26-20-17-24(18-21-26)37(31-14-8-5-11-27(31)28-12-6-9-15-32(28)37)25-19-22-30-29-13-7-10-16-33(29)41-34(30)23-25;25-24-26-22-11-4-3-9-21(22)23(27-24)18-14-12-17(13-15-18)20-10-5-7-16-6-1-2-8-19(16)20/h1-34H;5-23H,1-4H3;1-15H/q+1;;. The summed E-state index contributed by atoms with van der Waals surface area (Å²) in [5, 5.41) is 11.5. The lowest BCUT2D eigenvalue weighted by Crippen LogP contribution is -2.41. The number of hydrogen-bond donors (Lipinski definition) is 0. The van der Waals surface area contributed by atoms with Crippen molar-refractivity contribution in [3.8, 4) is 78.5 Å². The van der Waals surface area contributed by atoms with Gasteiger partial charge in [0.2, 0.25) is 5.28 Å². The molecule has 0 amide bonds. The van der Waals surface area contributed by atoms with Gasteiger partial charge < -0.3 is 9.31 Å². The van der Waals surface area contributed by atoms with E-state index in [2.05, 4.69) is 412 Å². The SMILES string of the molecule is CC1(C)OB(c2ccc(C3(c4ccc5c(c4)sc4ccccc45)c4ccccc4-c4ccccc43)cc2)OC1(C)C.Clc1nc(-c2ccc(-c3cccc4ccccc34)cc2)c2ccccc2n1.c1ccc2c(c1)-c1ccccc1C2(c1ccc(-c2nc(-c3ccc(-c4cccc5ccccc45)cc3)[n+]3ccccc3n2)cc1)c1ccc2c(c1)sc1ccccc12. The zero-order valence-corrected chi connectivity index (χ0v) is 72.0. The predicted octanol–water partition coefficient (Wildman–Crippen LogP) is 28.6. The van der Waals surface area contributed by atoms with Gasteiger partial charge in [-0.2, -0.15) is 4.40 Å². The second-order valence-corrected chi connectivity index (χ2v) is 36.5. The molecular formula is C115H80BClN5O2S2+. The van der Waals surface area contributed by atoms with Crippen LogP contribution in [0.2, 0.25) is 5.28 Å². The Balaban J connectivity index is 0.000000117. The fraction of sp³-hybridized carbons (Fsp3) is 0.0696. The summed E-state index contributed by atoms with van der Waals surface area (Å²) < 4.78 is 20.1. The van der Waals surface area contributed by atoms with Gasteiger partial charge in [0.1, 0.15) is 0 Å². The first-order chi connectivity index (χ1) is 61.8. The van der Waals surface area contributed by atoms with E-state index in [0.717, 1.165) is 50.2 Å². The highest BCUT2D eigenvalue weighted by Crippen LogP contribution is 2.59. The number of hydrogen-bond acceptors (Lipinski definition) is 8. The largest absolute Gasteiger partial charge is 0.494 e. The summed E-state index contributed by atoms with van der Waals surface area (Å²) in [6.45, 7) is 8.42. The average molecular weight is 1670 g/mol. The van der Waals surface area contributed by atoms with Crippen molar-refractivity contribution in [2.75, 3.05) is 0 Å². The molecule has 126 heavy (non-hydrogen) atoms. The van der Waals surface area contributed by atoms with Crippen LogP contribution in [0.5, 0.6) is 0 Å². The molecule has 598 valence electrons. The molecule has 22 aromatic rings. The third-order valence-electron chi connectivity index (χ3n) is 26.6. The van der Waals surface area contributed by atoms with Crippen LogP contribution < -0.4 is 9.86 Å². The molecule has 2 aliphatic carbocycles. The molecule has 0 radical (unpaired) electrons. The number of thiophene rings is 2. The van der Waals surface area contributed by atoms with E-state index in [1.165, 1.54) is 151 Å². The molecule has 3 aliphatic rings. The lowest BCUT2D eigenvalue weighted by molar-refractivity contribution is -0.505. The number of rotatable bonds is 10. The van der Waals surface area contributed by atoms with Gasteiger partial charge in [-0.1, -0.05) is 350 Å². The fourth-order valence-corrected chi connectivity index (χ4v) is 22.3. The van der Waals surface area contributed by atoms with Crippen molar-refractivity contribution in [3.05, 3.63) is 462 Å². The van der Waals surface area contributed by atoms with E-state index in [9.17, 15) is 0 Å². The minimum absolute atomic E-state index is 0.266. The Morgan fingerprint density at radius 3 is 1.18 bits per heavy atom. The number of nitrogens with zero attached hydrogens (tertiary/aromatic N) is 5. The molecule has 6 heterocycles. The van der Waals surface area contributed by atoms with Crippen LogP contribution in [0.1, 0.15) is 72.2 Å². The lowest BCUT2D eigenvalue weighted by Gasteiger charge is -2.34. The second kappa shape index (κ2) is 30.6. The van der Waals surface area contributed by atoms with E-state index in [-0.39, 0.29) is 23.6 Å². The van der Waals surface area contributed by atoms with Crippen LogP contribution in [0.25, 0.3) is 157 Å². The minimum Gasteiger partial charge on any atom is -0.399 e. The van der Waals surface area contributed by atoms with Gasteiger partial charge in [-0.3, -0.25) is 0 Å². The van der Waals surface area contributed by atoms with Crippen LogP contribution in [-0.2, 0) is 20.1 Å². The molecule has 0 spiro atoms. The molecule has 0 N–H and O–H groups in total. The van der Waals surface area contributed by atoms with Gasteiger partial charge in [0.15, 0.2) is 0 Å². The van der Waals surface area contributed by atoms with Crippen molar-refractivity contribution in [2.24, 2.45) is 0 Å². The molecule has 5 aromatic heterocycles. The van der Waals surface area contributed by atoms with E-state index in [1.807, 2.05) is 65.3 Å². The summed E-state index contributed by atoms with van der Waals surface area (Å²) in [6, 6.07) is 147. The maximum absolute atomic E-state index is 6.39. The normalized spacial score (nSPS) is 14.2. The third kappa shape index (κ3) is 12.6. The highest BCUT2D eigenvalue weighted by atomic mass is 35.5. The predicted molar refractivity (Wildman–Crippen MR) is 524 cm³/mol. The summed E-state index contributed by atoms with van der Waals surface area (Å²) in [5.74, 6) is 1.54. The topological polar surface area (TPSA) is 74.1 Å². The van der Waals surface area contributed by atoms with Crippen LogP contribution >= 0.6 is 34.3 Å². The Labute approximate surface area is 744 Å². The summed E-state index contributed by atoms with van der Waals surface area (Å²) in [7, 11) is -0.386. The molecule has 11 heteroatoms. The number of halogens is 1. The minimum atomic E-state index is -0.507. The Hall–Kier alpha value is -14.2. The van der Waals surface area contributed by atoms with Crippen LogP contribution in [0, 0.1) is 0 Å². The van der Waals surface area contributed by atoms with Gasteiger partial charge in [0.05, 0.1) is 50.6 Å². The third-order valence-corrected chi connectivity index (χ3v) is 29.0. The van der Waals surface area contributed by atoms with Crippen molar-refractivity contribution in [1.82, 2.24) is 19.9 Å². The first-order valence-corrected chi connectivity index (χ1v) is 44.9. The van der Waals surface area contributed by atoms with Gasteiger partial charge in [0.25, 0.3) is 11.5 Å². The molecule has 0 atom stereocenters. The van der Waals surface area contributed by atoms with Gasteiger partial charge in [-0.05, 0) is 216 Å². The molecule has 1 saturated heterocycles. The van der Waals surface area contributed by atoms with Crippen molar-refractivity contribution >= 4 is 125 Å². The highest BCUT2D eigenvalue weighted by Gasteiger charge is 2.53. The van der Waals surface area contributed by atoms with Crippen LogP contribution in [0.15, 0.2) is 413 Å². The quantitative estimate of drug-likeness (QED) is 0.0772.